The lowest BCUT2D eigenvalue weighted by Crippen LogP contribution is -2.35. The number of fused-ring (bicyclic) bond motifs is 1. The molecule has 0 amide bonds. The lowest BCUT2D eigenvalue weighted by atomic mass is 9.87. The van der Waals surface area contributed by atoms with Crippen LogP contribution in [-0.4, -0.2) is 44.8 Å². The molecule has 4 aromatic rings. The van der Waals surface area contributed by atoms with Crippen LogP contribution in [0.5, 0.6) is 11.5 Å². The van der Waals surface area contributed by atoms with Gasteiger partial charge in [0.2, 0.25) is 0 Å². The van der Waals surface area contributed by atoms with Gasteiger partial charge in [0.15, 0.2) is 23.2 Å². The van der Waals surface area contributed by atoms with Crippen LogP contribution in [0.1, 0.15) is 47.2 Å². The lowest BCUT2D eigenvalue weighted by Gasteiger charge is -2.23. The smallest absolute Gasteiger partial charge is 0.306 e. The maximum Gasteiger partial charge on any atom is 0.306 e. The van der Waals surface area contributed by atoms with E-state index in [4.69, 9.17) is 8.92 Å². The van der Waals surface area contributed by atoms with E-state index in [0.717, 1.165) is 31.7 Å². The molecule has 11 heteroatoms. The third-order valence-electron chi connectivity index (χ3n) is 7.44. The molecule has 1 fully saturated rings. The molecule has 1 heterocycles. The third-order valence-corrected chi connectivity index (χ3v) is 7.94. The molecular weight excluding hydrogens is 583 g/mol. The Balaban J connectivity index is 1.54. The fourth-order valence-corrected chi connectivity index (χ4v) is 5.82. The number of aliphatic hydroxyl groups is 1. The van der Waals surface area contributed by atoms with Gasteiger partial charge in [0.1, 0.15) is 11.5 Å². The van der Waals surface area contributed by atoms with Crippen LogP contribution >= 0.6 is 0 Å². The number of ketones is 1. The number of carbonyl (C=O) groups is 1. The van der Waals surface area contributed by atoms with Gasteiger partial charge in [-0.15, -0.1) is 0 Å². The normalized spacial score (nSPS) is 15.4. The minimum Gasteiger partial charge on any atom is -0.494 e. The van der Waals surface area contributed by atoms with E-state index in [2.05, 4.69) is 5.32 Å². The maximum absolute atomic E-state index is 14.7. The molecule has 0 spiro atoms. The largest absolute Gasteiger partial charge is 0.494 e. The highest BCUT2D eigenvalue weighted by molar-refractivity contribution is 7.86. The number of hydrogen-bond acceptors (Lipinski definition) is 7. The molecular formula is C32H30F3NO6S. The van der Waals surface area contributed by atoms with Crippen LogP contribution in [0.15, 0.2) is 60.7 Å². The zero-order chi connectivity index (χ0) is 30.7. The summed E-state index contributed by atoms with van der Waals surface area (Å²) in [6.45, 7) is 0.552. The van der Waals surface area contributed by atoms with Crippen molar-refractivity contribution in [2.45, 2.75) is 38.3 Å². The fraction of sp³-hybridized carbons (Fsp3) is 0.281. The minimum absolute atomic E-state index is 0.000922. The van der Waals surface area contributed by atoms with Gasteiger partial charge in [-0.3, -0.25) is 4.79 Å². The number of aliphatic hydroxyl groups excluding tert-OH is 1. The number of carbonyl (C=O) groups excluding carboxylic acids is 1. The van der Waals surface area contributed by atoms with Crippen molar-refractivity contribution < 1.29 is 40.4 Å². The second kappa shape index (κ2) is 12.7. The number of ether oxygens (including phenoxy) is 1. The second-order valence-corrected chi connectivity index (χ2v) is 12.0. The van der Waals surface area contributed by atoms with Gasteiger partial charge in [-0.2, -0.15) is 8.42 Å². The Morgan fingerprint density at radius 3 is 2.37 bits per heavy atom. The summed E-state index contributed by atoms with van der Waals surface area (Å²) in [4.78, 5) is 14.0. The molecule has 1 atom stereocenters. The van der Waals surface area contributed by atoms with Crippen LogP contribution in [0.2, 0.25) is 0 Å². The standard InChI is InChI=1S/C32H30F3NO6S/c1-43(39,40)42-23-10-12-24-20(16-23)7-11-25(26-17-28(33)31(35)30(34)27(26)18-37)29(24)32(38)19-5-8-22(9-6-19)41-15-13-21-4-2-3-14-36-21/h5-12,16-17,21,36-37H,2-4,13-15,18H2,1H3. The van der Waals surface area contributed by atoms with Gasteiger partial charge >= 0.3 is 10.1 Å². The molecule has 7 nitrogen and oxygen atoms in total. The number of benzene rings is 4. The van der Waals surface area contributed by atoms with E-state index in [1.807, 2.05) is 0 Å². The van der Waals surface area contributed by atoms with Gasteiger partial charge < -0.3 is 19.3 Å². The Bertz CT molecular complexity index is 1770. The topological polar surface area (TPSA) is 102 Å². The van der Waals surface area contributed by atoms with Gasteiger partial charge in [0.25, 0.3) is 0 Å². The van der Waals surface area contributed by atoms with Crippen molar-refractivity contribution in [1.29, 1.82) is 0 Å². The molecule has 1 saturated heterocycles. The van der Waals surface area contributed by atoms with Crippen LogP contribution in [0.3, 0.4) is 0 Å². The predicted molar refractivity (Wildman–Crippen MR) is 156 cm³/mol. The highest BCUT2D eigenvalue weighted by atomic mass is 32.2. The molecule has 43 heavy (non-hydrogen) atoms. The number of piperidine rings is 1. The van der Waals surface area contributed by atoms with Crippen molar-refractivity contribution in [3.05, 3.63) is 94.8 Å². The monoisotopic (exact) mass is 613 g/mol. The zero-order valence-electron chi connectivity index (χ0n) is 23.3. The molecule has 4 aromatic carbocycles. The van der Waals surface area contributed by atoms with Crippen LogP contribution in [0.25, 0.3) is 21.9 Å². The van der Waals surface area contributed by atoms with Gasteiger partial charge in [-0.1, -0.05) is 18.6 Å². The summed E-state index contributed by atoms with van der Waals surface area (Å²) in [5.74, 6) is -4.73. The molecule has 0 bridgehead atoms. The summed E-state index contributed by atoms with van der Waals surface area (Å²) in [6, 6.07) is 14.7. The van der Waals surface area contributed by atoms with E-state index in [1.165, 1.54) is 43.2 Å². The first-order chi connectivity index (χ1) is 20.6. The summed E-state index contributed by atoms with van der Waals surface area (Å²) in [7, 11) is -3.84. The van der Waals surface area contributed by atoms with Crippen molar-refractivity contribution in [3.8, 4) is 22.6 Å². The van der Waals surface area contributed by atoms with Gasteiger partial charge in [-0.25, -0.2) is 13.2 Å². The first-order valence-electron chi connectivity index (χ1n) is 13.8. The Kier molecular flexibility index (Phi) is 9.05. The molecule has 1 aliphatic rings. The molecule has 1 aliphatic heterocycles. The van der Waals surface area contributed by atoms with Gasteiger partial charge in [0, 0.05) is 22.7 Å². The van der Waals surface area contributed by atoms with Crippen molar-refractivity contribution in [1.82, 2.24) is 5.32 Å². The van der Waals surface area contributed by atoms with E-state index < -0.39 is 45.5 Å². The Hall–Kier alpha value is -3.93. The van der Waals surface area contributed by atoms with Crippen LogP contribution < -0.4 is 14.2 Å². The van der Waals surface area contributed by atoms with Crippen LogP contribution in [0, 0.1) is 17.5 Å². The van der Waals surface area contributed by atoms with E-state index in [9.17, 15) is 31.5 Å². The van der Waals surface area contributed by atoms with Crippen LogP contribution in [-0.2, 0) is 16.7 Å². The van der Waals surface area contributed by atoms with Gasteiger partial charge in [-0.05, 0) is 96.2 Å². The summed E-state index contributed by atoms with van der Waals surface area (Å²) in [5.41, 5.74) is -0.408. The molecule has 5 rings (SSSR count). The molecule has 226 valence electrons. The van der Waals surface area contributed by atoms with Crippen molar-refractivity contribution in [3.63, 3.8) is 0 Å². The molecule has 0 aromatic heterocycles. The summed E-state index contributed by atoms with van der Waals surface area (Å²) < 4.78 is 77.3. The fourth-order valence-electron chi connectivity index (χ4n) is 5.37. The van der Waals surface area contributed by atoms with E-state index in [-0.39, 0.29) is 28.0 Å². The number of halogens is 3. The van der Waals surface area contributed by atoms with Crippen LogP contribution in [0.4, 0.5) is 13.2 Å². The molecule has 0 aliphatic carbocycles. The van der Waals surface area contributed by atoms with Gasteiger partial charge in [0.05, 0.1) is 19.5 Å². The molecule has 2 N–H and O–H groups in total. The maximum atomic E-state index is 14.7. The first kappa shape index (κ1) is 30.5. The van der Waals surface area contributed by atoms with E-state index in [1.54, 1.807) is 24.3 Å². The average molecular weight is 614 g/mol. The highest BCUT2D eigenvalue weighted by Gasteiger charge is 2.25. The second-order valence-electron chi connectivity index (χ2n) is 10.5. The quantitative estimate of drug-likeness (QED) is 0.131. The molecule has 1 unspecified atom stereocenters. The summed E-state index contributed by atoms with van der Waals surface area (Å²) in [5, 5.41) is 14.0. The number of hydrogen-bond donors (Lipinski definition) is 2. The van der Waals surface area contributed by atoms with Crippen molar-refractivity contribution in [2.75, 3.05) is 19.4 Å². The lowest BCUT2D eigenvalue weighted by molar-refractivity contribution is 0.104. The Morgan fingerprint density at radius 1 is 0.953 bits per heavy atom. The molecule has 0 radical (unpaired) electrons. The number of rotatable bonds is 10. The summed E-state index contributed by atoms with van der Waals surface area (Å²) >= 11 is 0. The third kappa shape index (κ3) is 6.84. The van der Waals surface area contributed by atoms with E-state index in [0.29, 0.717) is 29.2 Å². The number of nitrogens with one attached hydrogen (secondary N) is 1. The first-order valence-corrected chi connectivity index (χ1v) is 15.6. The predicted octanol–water partition coefficient (Wildman–Crippen LogP) is 5.90. The average Bonchev–Trinajstić information content (AvgIpc) is 2.99. The minimum atomic E-state index is -3.84. The van der Waals surface area contributed by atoms with Crippen molar-refractivity contribution in [2.24, 2.45) is 0 Å². The van der Waals surface area contributed by atoms with E-state index >= 15 is 0 Å². The molecule has 0 saturated carbocycles. The Labute approximate surface area is 247 Å². The Morgan fingerprint density at radius 2 is 1.70 bits per heavy atom. The highest BCUT2D eigenvalue weighted by Crippen LogP contribution is 2.37. The summed E-state index contributed by atoms with van der Waals surface area (Å²) in [6.07, 6.45) is 5.21. The van der Waals surface area contributed by atoms with Crippen molar-refractivity contribution >= 4 is 26.7 Å². The SMILES string of the molecule is CS(=O)(=O)Oc1ccc2c(C(=O)c3ccc(OCCC4CCCCN4)cc3)c(-c3cc(F)c(F)c(F)c3CO)ccc2c1. The zero-order valence-corrected chi connectivity index (χ0v) is 24.1.